The number of carbonyl (C=O) groups is 2. The van der Waals surface area contributed by atoms with E-state index in [0.29, 0.717) is 18.0 Å². The van der Waals surface area contributed by atoms with Crippen LogP contribution in [0.2, 0.25) is 5.02 Å². The number of benzene rings is 1. The van der Waals surface area contributed by atoms with Crippen molar-refractivity contribution in [2.75, 3.05) is 13.1 Å². The minimum Gasteiger partial charge on any atom is -0.348 e. The predicted octanol–water partition coefficient (Wildman–Crippen LogP) is 3.72. The van der Waals surface area contributed by atoms with Gasteiger partial charge in [-0.15, -0.1) is 0 Å². The molecule has 1 aromatic heterocycles. The first-order chi connectivity index (χ1) is 12.9. The quantitative estimate of drug-likeness (QED) is 0.784. The highest BCUT2D eigenvalue weighted by molar-refractivity contribution is 6.30. The van der Waals surface area contributed by atoms with Gasteiger partial charge in [-0.3, -0.25) is 9.59 Å². The van der Waals surface area contributed by atoms with Gasteiger partial charge in [-0.1, -0.05) is 30.7 Å². The predicted molar refractivity (Wildman–Crippen MR) is 107 cm³/mol. The maximum absolute atomic E-state index is 13.2. The molecule has 5 nitrogen and oxygen atoms in total. The smallest absolute Gasteiger partial charge is 0.243 e. The van der Waals surface area contributed by atoms with Crippen molar-refractivity contribution in [3.8, 4) is 0 Å². The summed E-state index contributed by atoms with van der Waals surface area (Å²) in [6, 6.07) is 11.5. The molecular formula is C21H26ClN3O2. The number of nitrogens with zero attached hydrogens (tertiary/aromatic N) is 3. The standard InChI is InChI=1S/C21H26ClN3O2/c1-4-19(26)25(15(2)3)14-20(27)24-13-12-23-11-5-6-18(23)21(24)16-7-9-17(22)10-8-16/h5-11,15,21H,4,12-14H2,1-3H3. The number of rotatable bonds is 5. The van der Waals surface area contributed by atoms with E-state index in [2.05, 4.69) is 10.6 Å². The minimum atomic E-state index is -0.177. The van der Waals surface area contributed by atoms with Crippen LogP contribution in [-0.4, -0.2) is 45.3 Å². The summed E-state index contributed by atoms with van der Waals surface area (Å²) in [6.45, 7) is 7.18. The van der Waals surface area contributed by atoms with Crippen molar-refractivity contribution in [1.82, 2.24) is 14.4 Å². The maximum Gasteiger partial charge on any atom is 0.243 e. The highest BCUT2D eigenvalue weighted by Gasteiger charge is 2.33. The average molecular weight is 388 g/mol. The van der Waals surface area contributed by atoms with Crippen molar-refractivity contribution in [2.45, 2.75) is 45.8 Å². The Morgan fingerprint density at radius 3 is 2.52 bits per heavy atom. The minimum absolute atomic E-state index is 0.00165. The van der Waals surface area contributed by atoms with Crippen LogP contribution in [0.3, 0.4) is 0 Å². The molecule has 1 aliphatic heterocycles. The molecule has 2 amide bonds. The Morgan fingerprint density at radius 1 is 1.19 bits per heavy atom. The van der Waals surface area contributed by atoms with Gasteiger partial charge in [0.2, 0.25) is 11.8 Å². The normalized spacial score (nSPS) is 16.3. The lowest BCUT2D eigenvalue weighted by Crippen LogP contribution is -2.49. The second-order valence-corrected chi connectivity index (χ2v) is 7.57. The number of hydrogen-bond donors (Lipinski definition) is 0. The van der Waals surface area contributed by atoms with E-state index in [-0.39, 0.29) is 30.4 Å². The summed E-state index contributed by atoms with van der Waals surface area (Å²) in [5, 5.41) is 0.669. The van der Waals surface area contributed by atoms with E-state index < -0.39 is 0 Å². The highest BCUT2D eigenvalue weighted by atomic mass is 35.5. The molecule has 144 valence electrons. The second kappa shape index (κ2) is 8.17. The van der Waals surface area contributed by atoms with E-state index in [1.165, 1.54) is 0 Å². The van der Waals surface area contributed by atoms with Crippen LogP contribution in [0.1, 0.15) is 44.5 Å². The molecule has 0 bridgehead atoms. The summed E-state index contributed by atoms with van der Waals surface area (Å²) in [5.41, 5.74) is 2.10. The Labute approximate surface area is 165 Å². The van der Waals surface area contributed by atoms with Gasteiger partial charge in [0, 0.05) is 42.5 Å². The molecule has 3 rings (SSSR count). The van der Waals surface area contributed by atoms with Gasteiger partial charge >= 0.3 is 0 Å². The average Bonchev–Trinajstić information content (AvgIpc) is 3.13. The Bertz CT molecular complexity index is 813. The van der Waals surface area contributed by atoms with Gasteiger partial charge < -0.3 is 14.4 Å². The van der Waals surface area contributed by atoms with Crippen LogP contribution in [0, 0.1) is 0 Å². The van der Waals surface area contributed by atoms with Crippen molar-refractivity contribution in [2.24, 2.45) is 0 Å². The molecule has 27 heavy (non-hydrogen) atoms. The molecule has 1 unspecified atom stereocenters. The first kappa shape index (κ1) is 19.5. The first-order valence-corrected chi connectivity index (χ1v) is 9.79. The summed E-state index contributed by atoms with van der Waals surface area (Å²) in [5.74, 6) is -0.0281. The molecule has 0 N–H and O–H groups in total. The van der Waals surface area contributed by atoms with Crippen molar-refractivity contribution >= 4 is 23.4 Å². The Balaban J connectivity index is 1.91. The molecule has 2 aromatic rings. The number of carbonyl (C=O) groups excluding carboxylic acids is 2. The maximum atomic E-state index is 13.2. The summed E-state index contributed by atoms with van der Waals surface area (Å²) >= 11 is 6.05. The van der Waals surface area contributed by atoms with E-state index in [0.717, 1.165) is 17.8 Å². The van der Waals surface area contributed by atoms with Gasteiger partial charge in [0.15, 0.2) is 0 Å². The lowest BCUT2D eigenvalue weighted by molar-refractivity contribution is -0.143. The van der Waals surface area contributed by atoms with Crippen LogP contribution in [0.25, 0.3) is 0 Å². The number of amides is 2. The number of aromatic nitrogens is 1. The fourth-order valence-electron chi connectivity index (χ4n) is 3.65. The largest absolute Gasteiger partial charge is 0.348 e. The zero-order chi connectivity index (χ0) is 19.6. The lowest BCUT2D eigenvalue weighted by atomic mass is 9.99. The second-order valence-electron chi connectivity index (χ2n) is 7.14. The lowest BCUT2D eigenvalue weighted by Gasteiger charge is -2.39. The van der Waals surface area contributed by atoms with Crippen molar-refractivity contribution < 1.29 is 9.59 Å². The summed E-state index contributed by atoms with van der Waals surface area (Å²) < 4.78 is 2.18. The zero-order valence-corrected chi connectivity index (χ0v) is 16.8. The van der Waals surface area contributed by atoms with E-state index in [1.54, 1.807) is 4.90 Å². The Kier molecular flexibility index (Phi) is 5.90. The Morgan fingerprint density at radius 2 is 1.89 bits per heavy atom. The van der Waals surface area contributed by atoms with Gasteiger partial charge in [0.25, 0.3) is 0 Å². The van der Waals surface area contributed by atoms with Crippen LogP contribution >= 0.6 is 11.6 Å². The number of fused-ring (bicyclic) bond motifs is 1. The molecule has 1 atom stereocenters. The molecule has 0 saturated carbocycles. The van der Waals surface area contributed by atoms with Gasteiger partial charge in [0.1, 0.15) is 6.54 Å². The fraction of sp³-hybridized carbons (Fsp3) is 0.429. The van der Waals surface area contributed by atoms with Crippen LogP contribution in [0.4, 0.5) is 0 Å². The van der Waals surface area contributed by atoms with E-state index >= 15 is 0 Å². The molecule has 0 saturated heterocycles. The van der Waals surface area contributed by atoms with Crippen LogP contribution in [-0.2, 0) is 16.1 Å². The summed E-state index contributed by atoms with van der Waals surface area (Å²) in [4.78, 5) is 29.0. The van der Waals surface area contributed by atoms with E-state index in [9.17, 15) is 9.59 Å². The molecule has 0 spiro atoms. The van der Waals surface area contributed by atoms with Crippen molar-refractivity contribution in [3.05, 3.63) is 58.9 Å². The molecule has 2 heterocycles. The molecule has 0 radical (unpaired) electrons. The van der Waals surface area contributed by atoms with Gasteiger partial charge in [-0.2, -0.15) is 0 Å². The summed E-state index contributed by atoms with van der Waals surface area (Å²) in [7, 11) is 0. The van der Waals surface area contributed by atoms with Gasteiger partial charge in [-0.05, 0) is 43.7 Å². The number of hydrogen-bond acceptors (Lipinski definition) is 2. The monoisotopic (exact) mass is 387 g/mol. The third-order valence-corrected chi connectivity index (χ3v) is 5.35. The zero-order valence-electron chi connectivity index (χ0n) is 16.1. The third-order valence-electron chi connectivity index (χ3n) is 5.10. The molecule has 6 heteroatoms. The van der Waals surface area contributed by atoms with Gasteiger partial charge in [0.05, 0.1) is 6.04 Å². The fourth-order valence-corrected chi connectivity index (χ4v) is 3.77. The first-order valence-electron chi connectivity index (χ1n) is 9.41. The molecule has 0 aliphatic carbocycles. The molecule has 0 fully saturated rings. The van der Waals surface area contributed by atoms with Crippen LogP contribution in [0.5, 0.6) is 0 Å². The van der Waals surface area contributed by atoms with E-state index in [4.69, 9.17) is 11.6 Å². The Hall–Kier alpha value is -2.27. The van der Waals surface area contributed by atoms with E-state index in [1.807, 2.05) is 62.2 Å². The van der Waals surface area contributed by atoms with Crippen molar-refractivity contribution in [3.63, 3.8) is 0 Å². The molecule has 1 aromatic carbocycles. The van der Waals surface area contributed by atoms with Crippen molar-refractivity contribution in [1.29, 1.82) is 0 Å². The topological polar surface area (TPSA) is 45.6 Å². The summed E-state index contributed by atoms with van der Waals surface area (Å²) in [6.07, 6.45) is 2.44. The molecular weight excluding hydrogens is 362 g/mol. The van der Waals surface area contributed by atoms with Gasteiger partial charge in [-0.25, -0.2) is 0 Å². The SMILES string of the molecule is CCC(=O)N(CC(=O)N1CCn2cccc2C1c1ccc(Cl)cc1)C(C)C. The van der Waals surface area contributed by atoms with Crippen LogP contribution in [0.15, 0.2) is 42.6 Å². The van der Waals surface area contributed by atoms with Crippen LogP contribution < -0.4 is 0 Å². The third kappa shape index (κ3) is 4.03. The number of halogens is 1. The molecule has 1 aliphatic rings. The highest BCUT2D eigenvalue weighted by Crippen LogP contribution is 2.33.